The number of piperidine rings is 1. The normalized spacial score (nSPS) is 20.4. The molecule has 30 heavy (non-hydrogen) atoms. The number of anilines is 3. The van der Waals surface area contributed by atoms with Crippen LogP contribution in [-0.4, -0.2) is 56.7 Å². The topological polar surface area (TPSA) is 114 Å². The van der Waals surface area contributed by atoms with Crippen LogP contribution >= 0.6 is 0 Å². The third-order valence-electron chi connectivity index (χ3n) is 5.11. The van der Waals surface area contributed by atoms with Gasteiger partial charge in [-0.05, 0) is 45.4 Å². The molecule has 2 aromatic heterocycles. The molecular formula is C20H24N6O4. The lowest BCUT2D eigenvalue weighted by molar-refractivity contribution is -0.384. The number of aromatic nitrogens is 2. The van der Waals surface area contributed by atoms with Crippen molar-refractivity contribution >= 4 is 29.1 Å². The van der Waals surface area contributed by atoms with Crippen molar-refractivity contribution in [1.82, 2.24) is 14.9 Å². The number of pyridine rings is 2. The van der Waals surface area contributed by atoms with Crippen molar-refractivity contribution in [2.45, 2.75) is 44.9 Å². The van der Waals surface area contributed by atoms with E-state index in [1.807, 2.05) is 20.8 Å². The Morgan fingerprint density at radius 1 is 1.20 bits per heavy atom. The Kier molecular flexibility index (Phi) is 4.92. The van der Waals surface area contributed by atoms with Gasteiger partial charge in [0.05, 0.1) is 17.0 Å². The second-order valence-electron chi connectivity index (χ2n) is 8.49. The Labute approximate surface area is 174 Å². The average molecular weight is 412 g/mol. The molecule has 0 radical (unpaired) electrons. The molecule has 3 saturated heterocycles. The Balaban J connectivity index is 1.52. The third-order valence-corrected chi connectivity index (χ3v) is 5.11. The summed E-state index contributed by atoms with van der Waals surface area (Å²) in [7, 11) is 0. The second-order valence-corrected chi connectivity index (χ2v) is 8.49. The summed E-state index contributed by atoms with van der Waals surface area (Å²) in [5.41, 5.74) is 0.0283. The summed E-state index contributed by atoms with van der Waals surface area (Å²) in [6, 6.07) is 6.78. The molecule has 0 aliphatic carbocycles. The van der Waals surface area contributed by atoms with Crippen molar-refractivity contribution in [3.8, 4) is 0 Å². The van der Waals surface area contributed by atoms with Gasteiger partial charge in [0.15, 0.2) is 0 Å². The number of ether oxygens (including phenoxy) is 1. The molecule has 2 bridgehead atoms. The number of fused-ring (bicyclic) bond motifs is 2. The Hall–Kier alpha value is -3.43. The van der Waals surface area contributed by atoms with Gasteiger partial charge in [-0.2, -0.15) is 0 Å². The molecule has 3 aliphatic heterocycles. The van der Waals surface area contributed by atoms with E-state index >= 15 is 0 Å². The van der Waals surface area contributed by atoms with Gasteiger partial charge in [-0.15, -0.1) is 0 Å². The van der Waals surface area contributed by atoms with E-state index in [0.717, 1.165) is 6.42 Å². The number of nitro groups is 1. The number of amides is 1. The van der Waals surface area contributed by atoms with E-state index in [2.05, 4.69) is 20.2 Å². The van der Waals surface area contributed by atoms with Gasteiger partial charge in [0.1, 0.15) is 11.4 Å². The molecule has 3 fully saturated rings. The minimum atomic E-state index is -0.536. The lowest BCUT2D eigenvalue weighted by atomic mass is 9.87. The van der Waals surface area contributed by atoms with Gasteiger partial charge in [-0.3, -0.25) is 15.1 Å². The van der Waals surface area contributed by atoms with Gasteiger partial charge in [0, 0.05) is 37.2 Å². The number of carbonyl (C=O) groups is 1. The minimum Gasteiger partial charge on any atom is -0.444 e. The lowest BCUT2D eigenvalue weighted by Crippen LogP contribution is -2.70. The SMILES string of the molecule is CC(C)(C)OC(=O)N1CC2CC(C1)N2c1ccc([N+](=O)[O-])c(Nc2ccncc2)n1. The van der Waals surface area contributed by atoms with Crippen LogP contribution in [0.2, 0.25) is 0 Å². The van der Waals surface area contributed by atoms with Crippen LogP contribution in [-0.2, 0) is 4.74 Å². The van der Waals surface area contributed by atoms with Crippen LogP contribution in [0.4, 0.5) is 27.8 Å². The van der Waals surface area contributed by atoms with Gasteiger partial charge >= 0.3 is 11.8 Å². The summed E-state index contributed by atoms with van der Waals surface area (Å²) in [5.74, 6) is 0.833. The summed E-state index contributed by atoms with van der Waals surface area (Å²) in [4.78, 5) is 35.7. The smallest absolute Gasteiger partial charge is 0.410 e. The molecular weight excluding hydrogens is 388 g/mol. The van der Waals surface area contributed by atoms with Crippen molar-refractivity contribution in [2.75, 3.05) is 23.3 Å². The highest BCUT2D eigenvalue weighted by atomic mass is 16.6. The zero-order valence-electron chi connectivity index (χ0n) is 17.1. The van der Waals surface area contributed by atoms with E-state index in [-0.39, 0.29) is 29.7 Å². The summed E-state index contributed by atoms with van der Waals surface area (Å²) < 4.78 is 5.48. The van der Waals surface area contributed by atoms with Gasteiger partial charge < -0.3 is 19.9 Å². The summed E-state index contributed by atoms with van der Waals surface area (Å²) in [5, 5.41) is 14.5. The quantitative estimate of drug-likeness (QED) is 0.601. The highest BCUT2D eigenvalue weighted by Crippen LogP contribution is 2.38. The van der Waals surface area contributed by atoms with Gasteiger partial charge in [-0.25, -0.2) is 9.78 Å². The van der Waals surface area contributed by atoms with Crippen molar-refractivity contribution in [2.24, 2.45) is 0 Å². The zero-order valence-corrected chi connectivity index (χ0v) is 17.1. The van der Waals surface area contributed by atoms with Crippen molar-refractivity contribution in [3.63, 3.8) is 0 Å². The fourth-order valence-corrected chi connectivity index (χ4v) is 3.86. The molecule has 3 aliphatic rings. The standard InChI is InChI=1S/C20H24N6O4/c1-20(2,3)30-19(27)24-11-14-10-15(12-24)25(14)17-5-4-16(26(28)29)18(23-17)22-13-6-8-21-9-7-13/h4-9,14-15H,10-12H2,1-3H3,(H,21,22,23). The van der Waals surface area contributed by atoms with E-state index in [1.54, 1.807) is 35.5 Å². The molecule has 158 valence electrons. The van der Waals surface area contributed by atoms with Gasteiger partial charge in [-0.1, -0.05) is 0 Å². The molecule has 1 N–H and O–H groups in total. The molecule has 2 atom stereocenters. The lowest BCUT2D eigenvalue weighted by Gasteiger charge is -2.56. The first-order chi connectivity index (χ1) is 14.2. The van der Waals surface area contributed by atoms with E-state index in [0.29, 0.717) is 24.6 Å². The first-order valence-corrected chi connectivity index (χ1v) is 9.80. The van der Waals surface area contributed by atoms with Crippen LogP contribution in [0.5, 0.6) is 0 Å². The first kappa shape index (κ1) is 19.9. The summed E-state index contributed by atoms with van der Waals surface area (Å²) in [6.45, 7) is 6.62. The van der Waals surface area contributed by atoms with E-state index in [1.165, 1.54) is 6.07 Å². The number of carbonyl (C=O) groups excluding carboxylic acids is 1. The average Bonchev–Trinajstić information content (AvgIpc) is 2.67. The monoisotopic (exact) mass is 412 g/mol. The molecule has 1 amide bonds. The molecule has 10 heteroatoms. The maximum absolute atomic E-state index is 12.4. The molecule has 2 unspecified atom stereocenters. The summed E-state index contributed by atoms with van der Waals surface area (Å²) in [6.07, 6.45) is 3.84. The minimum absolute atomic E-state index is 0.100. The number of nitrogens with zero attached hydrogens (tertiary/aromatic N) is 5. The highest BCUT2D eigenvalue weighted by Gasteiger charge is 2.47. The fraction of sp³-hybridized carbons (Fsp3) is 0.450. The van der Waals surface area contributed by atoms with E-state index in [9.17, 15) is 14.9 Å². The van der Waals surface area contributed by atoms with Crippen molar-refractivity contribution in [1.29, 1.82) is 0 Å². The highest BCUT2D eigenvalue weighted by molar-refractivity contribution is 5.71. The Morgan fingerprint density at radius 2 is 1.87 bits per heavy atom. The molecule has 2 aromatic rings. The number of piperazine rings is 1. The molecule has 0 spiro atoms. The maximum atomic E-state index is 12.4. The third kappa shape index (κ3) is 3.98. The predicted molar refractivity (Wildman–Crippen MR) is 111 cm³/mol. The van der Waals surface area contributed by atoms with Gasteiger partial charge in [0.2, 0.25) is 5.82 Å². The largest absolute Gasteiger partial charge is 0.444 e. The summed E-state index contributed by atoms with van der Waals surface area (Å²) >= 11 is 0. The second kappa shape index (κ2) is 7.43. The predicted octanol–water partition coefficient (Wildman–Crippen LogP) is 3.33. The van der Waals surface area contributed by atoms with Crippen molar-refractivity contribution in [3.05, 3.63) is 46.8 Å². The Bertz CT molecular complexity index is 950. The van der Waals surface area contributed by atoms with Gasteiger partial charge in [0.25, 0.3) is 0 Å². The van der Waals surface area contributed by atoms with Crippen molar-refractivity contribution < 1.29 is 14.5 Å². The molecule has 5 rings (SSSR count). The van der Waals surface area contributed by atoms with Crippen LogP contribution in [0.1, 0.15) is 27.2 Å². The fourth-order valence-electron chi connectivity index (χ4n) is 3.86. The van der Waals surface area contributed by atoms with E-state index in [4.69, 9.17) is 4.74 Å². The van der Waals surface area contributed by atoms with Crippen LogP contribution in [0, 0.1) is 10.1 Å². The van der Waals surface area contributed by atoms with Crippen LogP contribution in [0.15, 0.2) is 36.7 Å². The number of rotatable bonds is 4. The zero-order chi connectivity index (χ0) is 21.5. The number of hydrogen-bond acceptors (Lipinski definition) is 8. The first-order valence-electron chi connectivity index (χ1n) is 9.80. The molecule has 10 nitrogen and oxygen atoms in total. The van der Waals surface area contributed by atoms with Crippen LogP contribution in [0.25, 0.3) is 0 Å². The molecule has 0 aromatic carbocycles. The number of nitrogens with one attached hydrogen (secondary N) is 1. The van der Waals surface area contributed by atoms with Crippen LogP contribution in [0.3, 0.4) is 0 Å². The molecule has 5 heterocycles. The maximum Gasteiger partial charge on any atom is 0.410 e. The van der Waals surface area contributed by atoms with Crippen LogP contribution < -0.4 is 10.2 Å². The van der Waals surface area contributed by atoms with E-state index < -0.39 is 10.5 Å². The number of hydrogen-bond donors (Lipinski definition) is 1. The molecule has 0 saturated carbocycles. The Morgan fingerprint density at radius 3 is 2.47 bits per heavy atom.